The molecule has 1 saturated heterocycles. The SMILES string of the molecule is CC(C)CN1c2cccnc2-n2cccc2[C@]12CCN(C(=O)C1CC(O)C1)C2. The van der Waals surface area contributed by atoms with E-state index in [1.54, 1.807) is 0 Å². The van der Waals surface area contributed by atoms with E-state index in [4.69, 9.17) is 0 Å². The van der Waals surface area contributed by atoms with Crippen molar-refractivity contribution >= 4 is 11.6 Å². The van der Waals surface area contributed by atoms with Crippen LogP contribution >= 0.6 is 0 Å². The average Bonchev–Trinajstić information content (AvgIpc) is 3.30. The quantitative estimate of drug-likeness (QED) is 0.889. The Morgan fingerprint density at radius 3 is 2.89 bits per heavy atom. The van der Waals surface area contributed by atoms with Gasteiger partial charge in [-0.3, -0.25) is 4.79 Å². The fourth-order valence-corrected chi connectivity index (χ4v) is 5.20. The third-order valence-electron chi connectivity index (χ3n) is 6.60. The van der Waals surface area contributed by atoms with Crippen LogP contribution in [0.15, 0.2) is 36.7 Å². The number of carbonyl (C=O) groups excluding carboxylic acids is 1. The van der Waals surface area contributed by atoms with E-state index in [1.165, 1.54) is 5.69 Å². The number of rotatable bonds is 3. The summed E-state index contributed by atoms with van der Waals surface area (Å²) < 4.78 is 2.20. The van der Waals surface area contributed by atoms with Crippen LogP contribution < -0.4 is 4.90 Å². The molecule has 1 amide bonds. The van der Waals surface area contributed by atoms with Crippen molar-refractivity contribution < 1.29 is 9.90 Å². The predicted octanol–water partition coefficient (Wildman–Crippen LogP) is 2.55. The maximum atomic E-state index is 13.0. The number of nitrogens with zero attached hydrogens (tertiary/aromatic N) is 4. The number of hydrogen-bond donors (Lipinski definition) is 1. The summed E-state index contributed by atoms with van der Waals surface area (Å²) in [4.78, 5) is 22.2. The van der Waals surface area contributed by atoms with Gasteiger partial charge in [0.1, 0.15) is 5.54 Å². The highest BCUT2D eigenvalue weighted by Gasteiger charge is 2.52. The largest absolute Gasteiger partial charge is 0.393 e. The van der Waals surface area contributed by atoms with Gasteiger partial charge in [0.25, 0.3) is 0 Å². The summed E-state index contributed by atoms with van der Waals surface area (Å²) in [6.07, 6.45) is 5.78. The van der Waals surface area contributed by atoms with Gasteiger partial charge in [0.15, 0.2) is 5.82 Å². The number of amides is 1. The summed E-state index contributed by atoms with van der Waals surface area (Å²) in [5.41, 5.74) is 2.15. The van der Waals surface area contributed by atoms with E-state index in [9.17, 15) is 9.90 Å². The van der Waals surface area contributed by atoms with Gasteiger partial charge in [0, 0.05) is 37.9 Å². The van der Waals surface area contributed by atoms with E-state index in [0.717, 1.165) is 31.0 Å². The van der Waals surface area contributed by atoms with Gasteiger partial charge in [0.05, 0.1) is 17.5 Å². The highest BCUT2D eigenvalue weighted by Crippen LogP contribution is 2.47. The fourth-order valence-electron chi connectivity index (χ4n) is 5.20. The smallest absolute Gasteiger partial charge is 0.225 e. The van der Waals surface area contributed by atoms with E-state index in [1.807, 2.05) is 17.2 Å². The first-order chi connectivity index (χ1) is 13.5. The van der Waals surface area contributed by atoms with Crippen molar-refractivity contribution in [2.24, 2.45) is 11.8 Å². The minimum absolute atomic E-state index is 0.00646. The Labute approximate surface area is 165 Å². The molecule has 4 heterocycles. The second-order valence-corrected chi connectivity index (χ2v) is 8.98. The van der Waals surface area contributed by atoms with E-state index >= 15 is 0 Å². The molecule has 0 aromatic carbocycles. The number of hydrogen-bond acceptors (Lipinski definition) is 4. The standard InChI is InChI=1S/C22H28N4O2/c1-15(2)13-26-18-5-3-8-23-20(18)25-9-4-6-19(25)22(26)7-10-24(14-22)21(28)16-11-17(27)12-16/h3-6,8-9,15-17,27H,7,10-14H2,1-2H3/t16?,17?,22-/m1/s1. The number of carbonyl (C=O) groups is 1. The lowest BCUT2D eigenvalue weighted by Gasteiger charge is -2.48. The van der Waals surface area contributed by atoms with Gasteiger partial charge in [0.2, 0.25) is 5.91 Å². The Morgan fingerprint density at radius 1 is 1.32 bits per heavy atom. The lowest BCUT2D eigenvalue weighted by Crippen LogP contribution is -2.54. The molecular formula is C22H28N4O2. The second kappa shape index (κ2) is 6.34. The van der Waals surface area contributed by atoms with Gasteiger partial charge in [-0.05, 0) is 49.4 Å². The number of aliphatic hydroxyl groups excluding tert-OH is 1. The Kier molecular flexibility index (Phi) is 4.02. The number of anilines is 1. The van der Waals surface area contributed by atoms with Gasteiger partial charge in [-0.25, -0.2) is 4.98 Å². The van der Waals surface area contributed by atoms with Crippen LogP contribution in [0.2, 0.25) is 0 Å². The van der Waals surface area contributed by atoms with Crippen molar-refractivity contribution in [1.82, 2.24) is 14.5 Å². The molecule has 2 aromatic rings. The molecule has 28 heavy (non-hydrogen) atoms. The Bertz CT molecular complexity index is 901. The number of aromatic nitrogens is 2. The van der Waals surface area contributed by atoms with Crippen LogP contribution in [0, 0.1) is 11.8 Å². The van der Waals surface area contributed by atoms with E-state index in [2.05, 4.69) is 52.7 Å². The molecule has 0 radical (unpaired) electrons. The molecule has 6 nitrogen and oxygen atoms in total. The summed E-state index contributed by atoms with van der Waals surface area (Å²) in [6.45, 7) is 6.87. The van der Waals surface area contributed by atoms with Crippen LogP contribution in [-0.2, 0) is 10.3 Å². The number of aliphatic hydroxyl groups is 1. The highest BCUT2D eigenvalue weighted by molar-refractivity contribution is 5.81. The normalized spacial score (nSPS) is 28.4. The Hall–Kier alpha value is -2.34. The number of pyridine rings is 1. The van der Waals surface area contributed by atoms with Crippen molar-refractivity contribution in [2.75, 3.05) is 24.5 Å². The zero-order chi connectivity index (χ0) is 19.5. The lowest BCUT2D eigenvalue weighted by molar-refractivity contribution is -0.141. The van der Waals surface area contributed by atoms with Crippen LogP contribution in [0.5, 0.6) is 0 Å². The third kappa shape index (κ3) is 2.50. The monoisotopic (exact) mass is 380 g/mol. The van der Waals surface area contributed by atoms with Crippen molar-refractivity contribution in [2.45, 2.75) is 44.8 Å². The topological polar surface area (TPSA) is 61.6 Å². The molecule has 1 atom stereocenters. The van der Waals surface area contributed by atoms with E-state index < -0.39 is 0 Å². The molecule has 2 aliphatic heterocycles. The molecule has 2 fully saturated rings. The van der Waals surface area contributed by atoms with Gasteiger partial charge in [-0.15, -0.1) is 0 Å². The minimum atomic E-state index is -0.298. The van der Waals surface area contributed by atoms with Crippen molar-refractivity contribution in [3.8, 4) is 5.82 Å². The molecule has 1 spiro atoms. The summed E-state index contributed by atoms with van der Waals surface area (Å²) in [5.74, 6) is 1.67. The highest BCUT2D eigenvalue weighted by atomic mass is 16.3. The molecule has 3 aliphatic rings. The van der Waals surface area contributed by atoms with E-state index in [0.29, 0.717) is 25.3 Å². The molecule has 1 saturated carbocycles. The van der Waals surface area contributed by atoms with Crippen molar-refractivity contribution in [1.29, 1.82) is 0 Å². The van der Waals surface area contributed by atoms with Crippen molar-refractivity contribution in [3.05, 3.63) is 42.4 Å². The van der Waals surface area contributed by atoms with Gasteiger partial charge in [-0.2, -0.15) is 0 Å². The molecule has 6 heteroatoms. The average molecular weight is 380 g/mol. The number of likely N-dealkylation sites (tertiary alicyclic amines) is 1. The molecule has 148 valence electrons. The zero-order valence-corrected chi connectivity index (χ0v) is 16.6. The van der Waals surface area contributed by atoms with Crippen LogP contribution in [0.1, 0.15) is 38.8 Å². The van der Waals surface area contributed by atoms with Gasteiger partial charge in [-0.1, -0.05) is 13.8 Å². The number of fused-ring (bicyclic) bond motifs is 4. The molecule has 1 N–H and O–H groups in total. The van der Waals surface area contributed by atoms with Crippen LogP contribution in [0.25, 0.3) is 5.82 Å². The molecular weight excluding hydrogens is 352 g/mol. The third-order valence-corrected chi connectivity index (χ3v) is 6.60. The Balaban J connectivity index is 1.55. The van der Waals surface area contributed by atoms with Gasteiger partial charge >= 0.3 is 0 Å². The molecule has 5 rings (SSSR count). The lowest BCUT2D eigenvalue weighted by atomic mass is 9.81. The fraction of sp³-hybridized carbons (Fsp3) is 0.545. The second-order valence-electron chi connectivity index (χ2n) is 8.98. The molecule has 0 unspecified atom stereocenters. The van der Waals surface area contributed by atoms with Crippen LogP contribution in [0.3, 0.4) is 0 Å². The maximum Gasteiger partial charge on any atom is 0.225 e. The first-order valence-electron chi connectivity index (χ1n) is 10.4. The van der Waals surface area contributed by atoms with Crippen molar-refractivity contribution in [3.63, 3.8) is 0 Å². The predicted molar refractivity (Wildman–Crippen MR) is 107 cm³/mol. The first-order valence-corrected chi connectivity index (χ1v) is 10.4. The molecule has 2 aromatic heterocycles. The Morgan fingerprint density at radius 2 is 2.14 bits per heavy atom. The minimum Gasteiger partial charge on any atom is -0.393 e. The summed E-state index contributed by atoms with van der Waals surface area (Å²) in [6, 6.07) is 8.43. The molecule has 1 aliphatic carbocycles. The summed E-state index contributed by atoms with van der Waals surface area (Å²) >= 11 is 0. The first kappa shape index (κ1) is 17.7. The summed E-state index contributed by atoms with van der Waals surface area (Å²) in [7, 11) is 0. The van der Waals surface area contributed by atoms with Crippen LogP contribution in [0.4, 0.5) is 5.69 Å². The maximum absolute atomic E-state index is 13.0. The van der Waals surface area contributed by atoms with Gasteiger partial charge < -0.3 is 19.5 Å². The van der Waals surface area contributed by atoms with E-state index in [-0.39, 0.29) is 23.5 Å². The van der Waals surface area contributed by atoms with Crippen LogP contribution in [-0.4, -0.2) is 51.2 Å². The molecule has 0 bridgehead atoms. The zero-order valence-electron chi connectivity index (χ0n) is 16.6. The summed E-state index contributed by atoms with van der Waals surface area (Å²) in [5, 5.41) is 9.62.